The van der Waals surface area contributed by atoms with Crippen molar-refractivity contribution >= 4 is 46.3 Å². The maximum Gasteiger partial charge on any atom is 0.303 e. The zero-order chi connectivity index (χ0) is 19.6. The van der Waals surface area contributed by atoms with Crippen molar-refractivity contribution < 1.29 is 19.8 Å². The number of thiocarbonyl (C=S) groups is 1. The smallest absolute Gasteiger partial charge is 0.303 e. The van der Waals surface area contributed by atoms with E-state index in [0.717, 1.165) is 50.5 Å². The van der Waals surface area contributed by atoms with Crippen molar-refractivity contribution in [2.24, 2.45) is 0 Å². The van der Waals surface area contributed by atoms with Crippen LogP contribution < -0.4 is 0 Å². The Morgan fingerprint density at radius 1 is 1.11 bits per heavy atom. The molecule has 27 heavy (non-hydrogen) atoms. The highest BCUT2D eigenvalue weighted by Gasteiger charge is 2.31. The predicted molar refractivity (Wildman–Crippen MR) is 113 cm³/mol. The second-order valence-corrected chi connectivity index (χ2v) is 8.22. The molecule has 1 aromatic rings. The number of carbonyl (C=O) groups is 2. The normalized spacial score (nSPS) is 15.7. The first-order valence-electron chi connectivity index (χ1n) is 9.23. The Bertz CT molecular complexity index is 718. The molecule has 0 spiro atoms. The van der Waals surface area contributed by atoms with E-state index in [1.807, 2.05) is 6.07 Å². The average Bonchev–Trinajstić information content (AvgIpc) is 2.87. The summed E-state index contributed by atoms with van der Waals surface area (Å²) in [5, 5.41) is 18.1. The van der Waals surface area contributed by atoms with E-state index in [1.54, 1.807) is 29.2 Å². The molecule has 1 amide bonds. The van der Waals surface area contributed by atoms with Crippen molar-refractivity contribution in [3.8, 4) is 5.75 Å². The molecule has 0 aromatic heterocycles. The minimum absolute atomic E-state index is 0.0676. The molecular formula is C20H25NO4S2. The molecule has 2 N–H and O–H groups in total. The SMILES string of the molecule is O=C(O)CCCCCCCCCN1C(=O)/C(=C/c2cccc(O)c2)SC1=S. The molecule has 1 aliphatic rings. The quantitative estimate of drug-likeness (QED) is 0.312. The first-order valence-corrected chi connectivity index (χ1v) is 10.5. The first-order chi connectivity index (χ1) is 13.0. The van der Waals surface area contributed by atoms with Gasteiger partial charge in [0.15, 0.2) is 0 Å². The van der Waals surface area contributed by atoms with E-state index in [9.17, 15) is 14.7 Å². The summed E-state index contributed by atoms with van der Waals surface area (Å²) in [7, 11) is 0. The van der Waals surface area contributed by atoms with Gasteiger partial charge in [0.1, 0.15) is 10.1 Å². The number of aliphatic carboxylic acids is 1. The third-order valence-electron chi connectivity index (χ3n) is 4.31. The lowest BCUT2D eigenvalue weighted by Crippen LogP contribution is -2.29. The molecule has 0 saturated carbocycles. The molecule has 1 heterocycles. The van der Waals surface area contributed by atoms with Crippen LogP contribution in [-0.4, -0.2) is 37.9 Å². The average molecular weight is 408 g/mol. The Hall–Kier alpha value is -1.86. The minimum Gasteiger partial charge on any atom is -0.508 e. The molecule has 1 aliphatic heterocycles. The fraction of sp³-hybridized carbons (Fsp3) is 0.450. The third kappa shape index (κ3) is 7.34. The minimum atomic E-state index is -0.725. The molecule has 0 aliphatic carbocycles. The Balaban J connectivity index is 1.69. The Kier molecular flexibility index (Phi) is 8.81. The van der Waals surface area contributed by atoms with Gasteiger partial charge in [-0.1, -0.05) is 68.2 Å². The van der Waals surface area contributed by atoms with Gasteiger partial charge >= 0.3 is 5.97 Å². The highest BCUT2D eigenvalue weighted by Crippen LogP contribution is 2.33. The topological polar surface area (TPSA) is 77.8 Å². The summed E-state index contributed by atoms with van der Waals surface area (Å²) in [6.07, 6.45) is 8.89. The zero-order valence-corrected chi connectivity index (χ0v) is 16.9. The number of unbranched alkanes of at least 4 members (excludes halogenated alkanes) is 6. The van der Waals surface area contributed by atoms with Gasteiger partial charge in [-0.25, -0.2) is 0 Å². The van der Waals surface area contributed by atoms with Gasteiger partial charge in [0.2, 0.25) is 0 Å². The number of thioether (sulfide) groups is 1. The highest BCUT2D eigenvalue weighted by molar-refractivity contribution is 8.26. The van der Waals surface area contributed by atoms with Crippen LogP contribution in [0.15, 0.2) is 29.2 Å². The van der Waals surface area contributed by atoms with Crippen LogP contribution in [-0.2, 0) is 9.59 Å². The van der Waals surface area contributed by atoms with Crippen molar-refractivity contribution in [1.82, 2.24) is 4.90 Å². The molecule has 0 radical (unpaired) electrons. The summed E-state index contributed by atoms with van der Waals surface area (Å²) in [6, 6.07) is 6.78. The number of benzene rings is 1. The molecule has 0 bridgehead atoms. The molecule has 1 aromatic carbocycles. The van der Waals surface area contributed by atoms with Crippen molar-refractivity contribution in [3.05, 3.63) is 34.7 Å². The van der Waals surface area contributed by atoms with Crippen molar-refractivity contribution in [3.63, 3.8) is 0 Å². The molecule has 0 atom stereocenters. The van der Waals surface area contributed by atoms with E-state index in [4.69, 9.17) is 17.3 Å². The summed E-state index contributed by atoms with van der Waals surface area (Å²) in [4.78, 5) is 25.2. The van der Waals surface area contributed by atoms with Crippen LogP contribution in [0.25, 0.3) is 6.08 Å². The Morgan fingerprint density at radius 3 is 2.44 bits per heavy atom. The Labute approximate surface area is 169 Å². The molecule has 1 saturated heterocycles. The number of hydrogen-bond donors (Lipinski definition) is 2. The second kappa shape index (κ2) is 11.1. The summed E-state index contributed by atoms with van der Waals surface area (Å²) in [5.74, 6) is -0.624. The molecule has 146 valence electrons. The van der Waals surface area contributed by atoms with Gasteiger partial charge in [0.25, 0.3) is 5.91 Å². The number of aromatic hydroxyl groups is 1. The van der Waals surface area contributed by atoms with Gasteiger partial charge in [-0.2, -0.15) is 0 Å². The van der Waals surface area contributed by atoms with Crippen LogP contribution in [0.4, 0.5) is 0 Å². The first kappa shape index (κ1) is 21.4. The van der Waals surface area contributed by atoms with Gasteiger partial charge in [-0.05, 0) is 36.6 Å². The number of phenols is 1. The van der Waals surface area contributed by atoms with Crippen LogP contribution in [0.5, 0.6) is 5.75 Å². The lowest BCUT2D eigenvalue weighted by atomic mass is 10.1. The summed E-state index contributed by atoms with van der Waals surface area (Å²) < 4.78 is 0.583. The fourth-order valence-corrected chi connectivity index (χ4v) is 4.20. The van der Waals surface area contributed by atoms with E-state index in [1.165, 1.54) is 11.8 Å². The fourth-order valence-electron chi connectivity index (χ4n) is 2.89. The maximum atomic E-state index is 12.5. The molecule has 0 unspecified atom stereocenters. The maximum absolute atomic E-state index is 12.5. The van der Waals surface area contributed by atoms with Crippen LogP contribution in [0.2, 0.25) is 0 Å². The van der Waals surface area contributed by atoms with E-state index in [0.29, 0.717) is 15.8 Å². The second-order valence-electron chi connectivity index (χ2n) is 6.55. The zero-order valence-electron chi connectivity index (χ0n) is 15.2. The summed E-state index contributed by atoms with van der Waals surface area (Å²) in [6.45, 7) is 0.626. The number of carbonyl (C=O) groups excluding carboxylic acids is 1. The highest BCUT2D eigenvalue weighted by atomic mass is 32.2. The lowest BCUT2D eigenvalue weighted by Gasteiger charge is -2.14. The Morgan fingerprint density at radius 2 is 1.78 bits per heavy atom. The van der Waals surface area contributed by atoms with E-state index < -0.39 is 5.97 Å². The van der Waals surface area contributed by atoms with Crippen molar-refractivity contribution in [2.75, 3.05) is 6.54 Å². The van der Waals surface area contributed by atoms with Crippen molar-refractivity contribution in [1.29, 1.82) is 0 Å². The van der Waals surface area contributed by atoms with E-state index in [-0.39, 0.29) is 18.1 Å². The number of hydrogen-bond acceptors (Lipinski definition) is 5. The van der Waals surface area contributed by atoms with Crippen LogP contribution in [0.1, 0.15) is 56.9 Å². The van der Waals surface area contributed by atoms with Crippen LogP contribution in [0.3, 0.4) is 0 Å². The molecule has 2 rings (SSSR count). The largest absolute Gasteiger partial charge is 0.508 e. The molecule has 7 heteroatoms. The van der Waals surface area contributed by atoms with E-state index in [2.05, 4.69) is 0 Å². The lowest BCUT2D eigenvalue weighted by molar-refractivity contribution is -0.137. The molecule has 5 nitrogen and oxygen atoms in total. The summed E-state index contributed by atoms with van der Waals surface area (Å²) >= 11 is 6.64. The summed E-state index contributed by atoms with van der Waals surface area (Å²) in [5.41, 5.74) is 0.776. The van der Waals surface area contributed by atoms with Gasteiger partial charge in [0.05, 0.1) is 4.91 Å². The van der Waals surface area contributed by atoms with Crippen LogP contribution in [0, 0.1) is 0 Å². The van der Waals surface area contributed by atoms with Crippen LogP contribution >= 0.6 is 24.0 Å². The number of carboxylic acids is 1. The van der Waals surface area contributed by atoms with Crippen molar-refractivity contribution in [2.45, 2.75) is 51.4 Å². The standard InChI is InChI=1S/C20H25NO4S2/c22-16-10-8-9-15(13-16)14-17-19(25)21(20(26)27-17)12-7-5-3-1-2-4-6-11-18(23)24/h8-10,13-14,22H,1-7,11-12H2,(H,23,24)/b17-14-. The monoisotopic (exact) mass is 407 g/mol. The van der Waals surface area contributed by atoms with Gasteiger partial charge in [0, 0.05) is 13.0 Å². The van der Waals surface area contributed by atoms with Gasteiger partial charge < -0.3 is 10.2 Å². The molecule has 1 fully saturated rings. The number of carboxylic acid groups (broad SMARTS) is 1. The predicted octanol–water partition coefficient (Wildman–Crippen LogP) is 4.80. The number of rotatable bonds is 11. The number of phenolic OH excluding ortho intramolecular Hbond substituents is 1. The van der Waals surface area contributed by atoms with Gasteiger partial charge in [-0.3, -0.25) is 14.5 Å². The molecular weight excluding hydrogens is 382 g/mol. The number of amides is 1. The number of nitrogens with zero attached hydrogens (tertiary/aromatic N) is 1. The van der Waals surface area contributed by atoms with E-state index >= 15 is 0 Å². The third-order valence-corrected chi connectivity index (χ3v) is 5.69. The van der Waals surface area contributed by atoms with Gasteiger partial charge in [-0.15, -0.1) is 0 Å².